The first-order chi connectivity index (χ1) is 10.7. The predicted octanol–water partition coefficient (Wildman–Crippen LogP) is 1.71. The van der Waals surface area contributed by atoms with Crippen LogP contribution in [0.2, 0.25) is 0 Å². The highest BCUT2D eigenvalue weighted by Gasteiger charge is 2.25. The van der Waals surface area contributed by atoms with Gasteiger partial charge in [-0.3, -0.25) is 0 Å². The third-order valence-corrected chi connectivity index (χ3v) is 4.14. The van der Waals surface area contributed by atoms with Gasteiger partial charge in [0, 0.05) is 25.7 Å². The molecule has 0 aromatic carbocycles. The minimum absolute atomic E-state index is 0.279. The SMILES string of the molecule is CC(O)CN(CCNC1CCCCC1CN)C(=O)OC(C)(C)C. The predicted molar refractivity (Wildman–Crippen MR) is 92.3 cm³/mol. The molecule has 136 valence electrons. The summed E-state index contributed by atoms with van der Waals surface area (Å²) in [7, 11) is 0. The van der Waals surface area contributed by atoms with E-state index in [2.05, 4.69) is 5.32 Å². The molecule has 0 bridgehead atoms. The van der Waals surface area contributed by atoms with Crippen LogP contribution in [0.1, 0.15) is 53.4 Å². The Morgan fingerprint density at radius 1 is 1.39 bits per heavy atom. The van der Waals surface area contributed by atoms with Gasteiger partial charge in [0.2, 0.25) is 0 Å². The summed E-state index contributed by atoms with van der Waals surface area (Å²) in [5.74, 6) is 0.524. The van der Waals surface area contributed by atoms with E-state index in [9.17, 15) is 9.90 Å². The van der Waals surface area contributed by atoms with Crippen molar-refractivity contribution in [2.24, 2.45) is 11.7 Å². The van der Waals surface area contributed by atoms with Crippen molar-refractivity contribution in [3.05, 3.63) is 0 Å². The molecular weight excluding hydrogens is 294 g/mol. The van der Waals surface area contributed by atoms with Crippen molar-refractivity contribution in [2.75, 3.05) is 26.2 Å². The summed E-state index contributed by atoms with van der Waals surface area (Å²) in [4.78, 5) is 13.8. The van der Waals surface area contributed by atoms with Gasteiger partial charge in [-0.1, -0.05) is 12.8 Å². The maximum absolute atomic E-state index is 12.2. The highest BCUT2D eigenvalue weighted by molar-refractivity contribution is 5.68. The summed E-state index contributed by atoms with van der Waals surface area (Å²) in [5, 5.41) is 13.1. The lowest BCUT2D eigenvalue weighted by Crippen LogP contribution is -2.47. The van der Waals surface area contributed by atoms with E-state index in [0.29, 0.717) is 31.6 Å². The Hall–Kier alpha value is -0.850. The molecule has 3 unspecified atom stereocenters. The van der Waals surface area contributed by atoms with Gasteiger partial charge in [-0.25, -0.2) is 4.79 Å². The number of hydrogen-bond donors (Lipinski definition) is 3. The molecule has 0 aromatic rings. The van der Waals surface area contributed by atoms with Crippen LogP contribution in [0.4, 0.5) is 4.79 Å². The van der Waals surface area contributed by atoms with Gasteiger partial charge in [0.05, 0.1) is 6.10 Å². The second-order valence-electron chi connectivity index (χ2n) is 7.62. The highest BCUT2D eigenvalue weighted by atomic mass is 16.6. The quantitative estimate of drug-likeness (QED) is 0.662. The number of carbonyl (C=O) groups is 1. The van der Waals surface area contributed by atoms with E-state index < -0.39 is 11.7 Å². The first-order valence-electron chi connectivity index (χ1n) is 8.82. The van der Waals surface area contributed by atoms with E-state index in [1.54, 1.807) is 11.8 Å². The van der Waals surface area contributed by atoms with Crippen molar-refractivity contribution in [1.82, 2.24) is 10.2 Å². The molecule has 1 aliphatic carbocycles. The van der Waals surface area contributed by atoms with E-state index in [1.807, 2.05) is 20.8 Å². The Kier molecular flexibility index (Phi) is 8.29. The van der Waals surface area contributed by atoms with Crippen molar-refractivity contribution in [3.8, 4) is 0 Å². The van der Waals surface area contributed by atoms with Crippen LogP contribution in [-0.2, 0) is 4.74 Å². The van der Waals surface area contributed by atoms with Crippen LogP contribution in [0.5, 0.6) is 0 Å². The summed E-state index contributed by atoms with van der Waals surface area (Å²) in [6, 6.07) is 0.431. The molecule has 4 N–H and O–H groups in total. The Morgan fingerprint density at radius 3 is 2.61 bits per heavy atom. The summed E-state index contributed by atoms with van der Waals surface area (Å²) in [6.45, 7) is 9.41. The molecule has 23 heavy (non-hydrogen) atoms. The van der Waals surface area contributed by atoms with E-state index in [0.717, 1.165) is 6.42 Å². The molecule has 0 radical (unpaired) electrons. The Labute approximate surface area is 140 Å². The third-order valence-electron chi connectivity index (χ3n) is 4.14. The van der Waals surface area contributed by atoms with E-state index in [-0.39, 0.29) is 12.6 Å². The monoisotopic (exact) mass is 329 g/mol. The minimum atomic E-state index is -0.575. The molecule has 6 heteroatoms. The van der Waals surface area contributed by atoms with E-state index >= 15 is 0 Å². The first kappa shape index (κ1) is 20.2. The van der Waals surface area contributed by atoms with Crippen molar-refractivity contribution in [1.29, 1.82) is 0 Å². The summed E-state index contributed by atoms with van der Waals surface area (Å²) in [5.41, 5.74) is 5.32. The van der Waals surface area contributed by atoms with Gasteiger partial charge in [0.25, 0.3) is 0 Å². The normalized spacial score (nSPS) is 23.4. The molecule has 1 amide bonds. The lowest BCUT2D eigenvalue weighted by Gasteiger charge is -2.33. The topological polar surface area (TPSA) is 87.8 Å². The van der Waals surface area contributed by atoms with Crippen molar-refractivity contribution in [3.63, 3.8) is 0 Å². The number of carbonyl (C=O) groups excluding carboxylic acids is 1. The molecule has 0 aliphatic heterocycles. The molecule has 0 saturated heterocycles. The molecule has 1 rings (SSSR count). The number of rotatable bonds is 7. The minimum Gasteiger partial charge on any atom is -0.444 e. The highest BCUT2D eigenvalue weighted by Crippen LogP contribution is 2.23. The average molecular weight is 329 g/mol. The van der Waals surface area contributed by atoms with Crippen LogP contribution < -0.4 is 11.1 Å². The molecule has 0 heterocycles. The number of nitrogens with zero attached hydrogens (tertiary/aromatic N) is 1. The number of aliphatic hydroxyl groups excluding tert-OH is 1. The number of hydrogen-bond acceptors (Lipinski definition) is 5. The molecule has 6 nitrogen and oxygen atoms in total. The van der Waals surface area contributed by atoms with Gasteiger partial charge in [-0.05, 0) is 53.0 Å². The maximum Gasteiger partial charge on any atom is 0.410 e. The van der Waals surface area contributed by atoms with Crippen LogP contribution in [0.3, 0.4) is 0 Å². The van der Waals surface area contributed by atoms with Crippen LogP contribution in [0.15, 0.2) is 0 Å². The molecule has 1 aliphatic rings. The molecule has 0 aromatic heterocycles. The molecular formula is C17H35N3O3. The number of ether oxygens (including phenoxy) is 1. The molecule has 3 atom stereocenters. The zero-order valence-corrected chi connectivity index (χ0v) is 15.2. The number of amides is 1. The third kappa shape index (κ3) is 7.99. The van der Waals surface area contributed by atoms with E-state index in [4.69, 9.17) is 10.5 Å². The second-order valence-corrected chi connectivity index (χ2v) is 7.62. The van der Waals surface area contributed by atoms with E-state index in [1.165, 1.54) is 19.3 Å². The average Bonchev–Trinajstić information content (AvgIpc) is 2.44. The Bertz CT molecular complexity index is 355. The van der Waals surface area contributed by atoms with Crippen LogP contribution in [0.25, 0.3) is 0 Å². The maximum atomic E-state index is 12.2. The van der Waals surface area contributed by atoms with Crippen LogP contribution in [-0.4, -0.2) is 60.0 Å². The van der Waals surface area contributed by atoms with Crippen molar-refractivity contribution in [2.45, 2.75) is 71.1 Å². The van der Waals surface area contributed by atoms with Gasteiger partial charge in [-0.2, -0.15) is 0 Å². The lowest BCUT2D eigenvalue weighted by atomic mass is 9.84. The zero-order chi connectivity index (χ0) is 17.5. The van der Waals surface area contributed by atoms with Crippen LogP contribution >= 0.6 is 0 Å². The molecule has 1 fully saturated rings. The van der Waals surface area contributed by atoms with Gasteiger partial charge in [-0.15, -0.1) is 0 Å². The fraction of sp³-hybridized carbons (Fsp3) is 0.941. The summed E-state index contributed by atoms with van der Waals surface area (Å²) >= 11 is 0. The fourth-order valence-corrected chi connectivity index (χ4v) is 3.05. The number of nitrogens with two attached hydrogens (primary N) is 1. The molecule has 0 spiro atoms. The largest absolute Gasteiger partial charge is 0.444 e. The fourth-order valence-electron chi connectivity index (χ4n) is 3.05. The Morgan fingerprint density at radius 2 is 2.04 bits per heavy atom. The zero-order valence-electron chi connectivity index (χ0n) is 15.2. The number of nitrogens with one attached hydrogen (secondary N) is 1. The summed E-state index contributed by atoms with van der Waals surface area (Å²) < 4.78 is 5.41. The first-order valence-corrected chi connectivity index (χ1v) is 8.82. The van der Waals surface area contributed by atoms with Crippen LogP contribution in [0, 0.1) is 5.92 Å². The van der Waals surface area contributed by atoms with Gasteiger partial charge in [0.15, 0.2) is 0 Å². The smallest absolute Gasteiger partial charge is 0.410 e. The molecule has 1 saturated carbocycles. The standard InChI is InChI=1S/C17H35N3O3/c1-13(21)12-20(16(22)23-17(2,3)4)10-9-19-15-8-6-5-7-14(15)11-18/h13-15,19,21H,5-12,18H2,1-4H3. The van der Waals surface area contributed by atoms with Gasteiger partial charge >= 0.3 is 6.09 Å². The van der Waals surface area contributed by atoms with Gasteiger partial charge < -0.3 is 25.8 Å². The lowest BCUT2D eigenvalue weighted by molar-refractivity contribution is 0.0161. The Balaban J connectivity index is 2.48. The summed E-state index contributed by atoms with van der Waals surface area (Å²) in [6.07, 6.45) is 3.86. The van der Waals surface area contributed by atoms with Crippen molar-refractivity contribution >= 4 is 6.09 Å². The number of aliphatic hydroxyl groups is 1. The van der Waals surface area contributed by atoms with Gasteiger partial charge in [0.1, 0.15) is 5.60 Å². The second kappa shape index (κ2) is 9.45. The van der Waals surface area contributed by atoms with Crippen molar-refractivity contribution < 1.29 is 14.6 Å².